The second kappa shape index (κ2) is 6.96. The molecule has 1 aromatic heterocycles. The number of carbonyl (C=O) groups is 1. The Morgan fingerprint density at radius 1 is 1.25 bits per heavy atom. The van der Waals surface area contributed by atoms with E-state index in [0.717, 1.165) is 12.8 Å². The molecule has 2 atom stereocenters. The molecule has 0 saturated carbocycles. The maximum Gasteiger partial charge on any atom is 0.411 e. The van der Waals surface area contributed by atoms with Crippen molar-refractivity contribution in [3.05, 3.63) is 10.7 Å². The van der Waals surface area contributed by atoms with Crippen LogP contribution >= 0.6 is 23.4 Å². The second-order valence-electron chi connectivity index (χ2n) is 8.98. The molecule has 1 amide bonds. The van der Waals surface area contributed by atoms with Crippen LogP contribution in [0.1, 0.15) is 53.0 Å². The Kier molecular flexibility index (Phi) is 5.22. The average Bonchev–Trinajstić information content (AvgIpc) is 2.74. The van der Waals surface area contributed by atoms with E-state index in [9.17, 15) is 10.1 Å². The van der Waals surface area contributed by atoms with Crippen molar-refractivity contribution in [1.29, 1.82) is 5.26 Å². The number of ether oxygens (including phenoxy) is 1. The number of aromatic nitrogens is 2. The molecule has 7 nitrogen and oxygen atoms in total. The van der Waals surface area contributed by atoms with Crippen LogP contribution in [0, 0.1) is 11.3 Å². The summed E-state index contributed by atoms with van der Waals surface area (Å²) in [6.07, 6.45) is 3.29. The van der Waals surface area contributed by atoms with Gasteiger partial charge in [0.15, 0.2) is 16.1 Å². The van der Waals surface area contributed by atoms with Crippen molar-refractivity contribution in [1.82, 2.24) is 14.9 Å². The quantitative estimate of drug-likeness (QED) is 0.402. The molecule has 0 aliphatic carbocycles. The number of carbonyl (C=O) groups excluding carboxylic acids is 1. The zero-order valence-electron chi connectivity index (χ0n) is 17.2. The lowest BCUT2D eigenvalue weighted by Crippen LogP contribution is -2.67. The van der Waals surface area contributed by atoms with E-state index >= 15 is 0 Å². The predicted molar refractivity (Wildman–Crippen MR) is 110 cm³/mol. The number of halogens is 1. The molecule has 0 spiro atoms. The third-order valence-electron chi connectivity index (χ3n) is 5.34. The minimum Gasteiger partial charge on any atom is -0.444 e. The van der Waals surface area contributed by atoms with Gasteiger partial charge in [0.05, 0.1) is 11.1 Å². The van der Waals surface area contributed by atoms with Gasteiger partial charge in [-0.25, -0.2) is 14.8 Å². The van der Waals surface area contributed by atoms with Gasteiger partial charge < -0.3 is 9.64 Å². The first-order valence-corrected chi connectivity index (χ1v) is 10.8. The summed E-state index contributed by atoms with van der Waals surface area (Å²) < 4.78 is 5.70. The molecule has 2 saturated heterocycles. The lowest BCUT2D eigenvalue weighted by atomic mass is 9.95. The number of hydrogen-bond acceptors (Lipinski definition) is 7. The lowest BCUT2D eigenvalue weighted by molar-refractivity contribution is -0.0211. The van der Waals surface area contributed by atoms with Crippen molar-refractivity contribution >= 4 is 35.3 Å². The summed E-state index contributed by atoms with van der Waals surface area (Å²) in [7, 11) is 0. The van der Waals surface area contributed by atoms with Crippen LogP contribution in [0.4, 0.5) is 10.6 Å². The summed E-state index contributed by atoms with van der Waals surface area (Å²) >= 11 is 7.62. The van der Waals surface area contributed by atoms with Crippen molar-refractivity contribution in [3.8, 4) is 6.07 Å². The molecule has 0 radical (unpaired) electrons. The molecule has 3 rings (SSSR count). The van der Waals surface area contributed by atoms with Crippen molar-refractivity contribution < 1.29 is 9.53 Å². The van der Waals surface area contributed by atoms with Crippen LogP contribution in [0.3, 0.4) is 0 Å². The van der Waals surface area contributed by atoms with E-state index in [2.05, 4.69) is 34.8 Å². The molecular weight excluding hydrogens is 398 g/mol. The second-order valence-corrected chi connectivity index (χ2v) is 10.1. The van der Waals surface area contributed by atoms with E-state index in [4.69, 9.17) is 16.3 Å². The number of nitrogens with zero attached hydrogens (tertiary/aromatic N) is 5. The largest absolute Gasteiger partial charge is 0.444 e. The standard InChI is InChI=1S/C19H26ClN5O2S/c1-17(2,3)27-16(26)25-18(4)7-8-19(25,5)11-24(10-18)14-12(9-21)13(20)22-15(23-14)28-6/h7-8,10-11H2,1-6H3/t18-,19+. The summed E-state index contributed by atoms with van der Waals surface area (Å²) in [6, 6.07) is 2.14. The average molecular weight is 424 g/mol. The SMILES string of the molecule is CSc1nc(Cl)c(C#N)c(N2C[C@]3(C)CC[C@](C)(C2)N3C(=O)OC(C)(C)C)n1. The Labute approximate surface area is 175 Å². The molecule has 1 aromatic rings. The van der Waals surface area contributed by atoms with Gasteiger partial charge in [-0.3, -0.25) is 4.90 Å². The summed E-state index contributed by atoms with van der Waals surface area (Å²) in [5.74, 6) is 0.537. The van der Waals surface area contributed by atoms with Crippen LogP contribution in [-0.2, 0) is 4.74 Å². The maximum atomic E-state index is 13.0. The third-order valence-corrected chi connectivity index (χ3v) is 6.16. The van der Waals surface area contributed by atoms with Gasteiger partial charge in [-0.05, 0) is 53.7 Å². The third kappa shape index (κ3) is 3.62. The number of piperazine rings is 1. The van der Waals surface area contributed by atoms with Crippen LogP contribution in [0.25, 0.3) is 0 Å². The van der Waals surface area contributed by atoms with Crippen molar-refractivity contribution in [2.75, 3.05) is 24.2 Å². The molecule has 0 unspecified atom stereocenters. The molecule has 9 heteroatoms. The maximum absolute atomic E-state index is 13.0. The van der Waals surface area contributed by atoms with Crippen LogP contribution in [0.2, 0.25) is 5.15 Å². The first kappa shape index (κ1) is 21.0. The highest BCUT2D eigenvalue weighted by Gasteiger charge is 2.58. The number of thioether (sulfide) groups is 1. The summed E-state index contributed by atoms with van der Waals surface area (Å²) in [5.41, 5.74) is -1.11. The number of rotatable bonds is 2. The molecule has 2 bridgehead atoms. The van der Waals surface area contributed by atoms with Gasteiger partial charge in [0.1, 0.15) is 17.2 Å². The van der Waals surface area contributed by atoms with E-state index in [1.807, 2.05) is 31.9 Å². The fraction of sp³-hybridized carbons (Fsp3) is 0.684. The van der Waals surface area contributed by atoms with E-state index < -0.39 is 16.7 Å². The number of nitriles is 1. The van der Waals surface area contributed by atoms with Crippen LogP contribution in [-0.4, -0.2) is 57.0 Å². The number of anilines is 1. The Balaban J connectivity index is 1.99. The highest BCUT2D eigenvalue weighted by atomic mass is 35.5. The van der Waals surface area contributed by atoms with E-state index in [1.54, 1.807) is 0 Å². The molecule has 0 N–H and O–H groups in total. The molecule has 152 valence electrons. The highest BCUT2D eigenvalue weighted by molar-refractivity contribution is 7.98. The van der Waals surface area contributed by atoms with Crippen molar-refractivity contribution in [3.63, 3.8) is 0 Å². The van der Waals surface area contributed by atoms with Gasteiger partial charge in [0, 0.05) is 13.1 Å². The van der Waals surface area contributed by atoms with Crippen molar-refractivity contribution in [2.24, 2.45) is 0 Å². The zero-order valence-corrected chi connectivity index (χ0v) is 18.7. The fourth-order valence-electron chi connectivity index (χ4n) is 4.31. The van der Waals surface area contributed by atoms with Crippen LogP contribution in [0.5, 0.6) is 0 Å². The highest BCUT2D eigenvalue weighted by Crippen LogP contribution is 2.47. The minimum atomic E-state index is -0.554. The molecule has 2 aliphatic rings. The van der Waals surface area contributed by atoms with Gasteiger partial charge in [0.25, 0.3) is 0 Å². The van der Waals surface area contributed by atoms with Crippen molar-refractivity contribution in [2.45, 2.75) is 69.3 Å². The fourth-order valence-corrected chi connectivity index (χ4v) is 4.93. The summed E-state index contributed by atoms with van der Waals surface area (Å²) in [6.45, 7) is 10.9. The predicted octanol–water partition coefficient (Wildman–Crippen LogP) is 4.09. The topological polar surface area (TPSA) is 82.4 Å². The van der Waals surface area contributed by atoms with E-state index in [1.165, 1.54) is 11.8 Å². The molecule has 3 heterocycles. The monoisotopic (exact) mass is 423 g/mol. The van der Waals surface area contributed by atoms with Gasteiger partial charge in [-0.15, -0.1) is 0 Å². The molecule has 0 aromatic carbocycles. The van der Waals surface area contributed by atoms with Gasteiger partial charge in [-0.2, -0.15) is 5.26 Å². The first-order chi connectivity index (χ1) is 12.9. The normalized spacial score (nSPS) is 26.9. The Morgan fingerprint density at radius 3 is 2.29 bits per heavy atom. The molecule has 28 heavy (non-hydrogen) atoms. The molecular formula is C19H26ClN5O2S. The zero-order chi connectivity index (χ0) is 20.9. The number of hydrogen-bond donors (Lipinski definition) is 0. The molecule has 2 fully saturated rings. The Morgan fingerprint density at radius 2 is 1.82 bits per heavy atom. The summed E-state index contributed by atoms with van der Waals surface area (Å²) in [4.78, 5) is 25.7. The van der Waals surface area contributed by atoms with Gasteiger partial charge in [0.2, 0.25) is 0 Å². The number of fused-ring (bicyclic) bond motifs is 2. The van der Waals surface area contributed by atoms with E-state index in [-0.39, 0.29) is 16.8 Å². The lowest BCUT2D eigenvalue weighted by Gasteiger charge is -2.52. The smallest absolute Gasteiger partial charge is 0.411 e. The number of amides is 1. The van der Waals surface area contributed by atoms with Gasteiger partial charge >= 0.3 is 6.09 Å². The first-order valence-electron chi connectivity index (χ1n) is 9.22. The van der Waals surface area contributed by atoms with Crippen LogP contribution < -0.4 is 4.90 Å². The van der Waals surface area contributed by atoms with E-state index in [0.29, 0.717) is 24.1 Å². The summed E-state index contributed by atoms with van der Waals surface area (Å²) in [5, 5.41) is 10.3. The van der Waals surface area contributed by atoms with Gasteiger partial charge in [-0.1, -0.05) is 23.4 Å². The Hall–Kier alpha value is -1.72. The van der Waals surface area contributed by atoms with Crippen LogP contribution in [0.15, 0.2) is 5.16 Å². The Bertz CT molecular complexity index is 832. The minimum absolute atomic E-state index is 0.161. The molecule has 2 aliphatic heterocycles.